The highest BCUT2D eigenvalue weighted by molar-refractivity contribution is 5.93. The van der Waals surface area contributed by atoms with Crippen molar-refractivity contribution in [1.29, 1.82) is 0 Å². The Hall–Kier alpha value is -1.62. The zero-order chi connectivity index (χ0) is 16.5. The Bertz CT molecular complexity index is 600. The number of rotatable bonds is 2. The molecule has 5 nitrogen and oxygen atoms in total. The fourth-order valence-electron chi connectivity index (χ4n) is 4.71. The molecule has 0 bridgehead atoms. The van der Waals surface area contributed by atoms with E-state index in [9.17, 15) is 4.79 Å². The highest BCUT2D eigenvalue weighted by Crippen LogP contribution is 2.40. The van der Waals surface area contributed by atoms with E-state index in [0.717, 1.165) is 45.0 Å². The Balaban J connectivity index is 1.54. The van der Waals surface area contributed by atoms with Crippen LogP contribution < -0.4 is 4.90 Å². The van der Waals surface area contributed by atoms with E-state index >= 15 is 0 Å². The van der Waals surface area contributed by atoms with Crippen LogP contribution in [0.25, 0.3) is 0 Å². The SMILES string of the molecule is C[C@@H]1CN(C(=O)c2cc(N3CCOCC3)ccn2)[C@@H]2CCCC[C@H]12. The molecule has 1 saturated carbocycles. The van der Waals surface area contributed by atoms with Crippen molar-refractivity contribution in [2.75, 3.05) is 37.7 Å². The van der Waals surface area contributed by atoms with E-state index in [0.29, 0.717) is 23.6 Å². The average molecular weight is 329 g/mol. The normalized spacial score (nSPS) is 30.3. The molecule has 3 atom stereocenters. The van der Waals surface area contributed by atoms with Crippen molar-refractivity contribution in [1.82, 2.24) is 9.88 Å². The summed E-state index contributed by atoms with van der Waals surface area (Å²) in [6, 6.07) is 4.39. The molecule has 0 spiro atoms. The third-order valence-corrected chi connectivity index (χ3v) is 6.00. The van der Waals surface area contributed by atoms with Crippen LogP contribution in [0.2, 0.25) is 0 Å². The van der Waals surface area contributed by atoms with Gasteiger partial charge in [-0.2, -0.15) is 0 Å². The number of hydrogen-bond acceptors (Lipinski definition) is 4. The van der Waals surface area contributed by atoms with Crippen molar-refractivity contribution in [3.63, 3.8) is 0 Å². The van der Waals surface area contributed by atoms with Gasteiger partial charge in [0.2, 0.25) is 0 Å². The molecule has 0 radical (unpaired) electrons. The van der Waals surface area contributed by atoms with Crippen LogP contribution in [-0.2, 0) is 4.74 Å². The molecule has 3 aliphatic rings. The average Bonchev–Trinajstić information content (AvgIpc) is 2.99. The minimum absolute atomic E-state index is 0.117. The first kappa shape index (κ1) is 15.9. The molecule has 0 aromatic carbocycles. The summed E-state index contributed by atoms with van der Waals surface area (Å²) >= 11 is 0. The Morgan fingerprint density at radius 2 is 2.04 bits per heavy atom. The second kappa shape index (κ2) is 6.71. The summed E-state index contributed by atoms with van der Waals surface area (Å²) in [5, 5.41) is 0. The predicted octanol–water partition coefficient (Wildman–Crippen LogP) is 2.57. The van der Waals surface area contributed by atoms with E-state index in [4.69, 9.17) is 4.74 Å². The molecule has 24 heavy (non-hydrogen) atoms. The number of ether oxygens (including phenoxy) is 1. The van der Waals surface area contributed by atoms with Crippen LogP contribution in [0.3, 0.4) is 0 Å². The van der Waals surface area contributed by atoms with Crippen molar-refractivity contribution in [2.24, 2.45) is 11.8 Å². The lowest BCUT2D eigenvalue weighted by atomic mass is 9.80. The van der Waals surface area contributed by atoms with Crippen molar-refractivity contribution in [3.8, 4) is 0 Å². The fourth-order valence-corrected chi connectivity index (χ4v) is 4.71. The Morgan fingerprint density at radius 3 is 2.88 bits per heavy atom. The van der Waals surface area contributed by atoms with Gasteiger partial charge in [-0.05, 0) is 36.8 Å². The van der Waals surface area contributed by atoms with Crippen molar-refractivity contribution in [2.45, 2.75) is 38.6 Å². The van der Waals surface area contributed by atoms with Gasteiger partial charge in [-0.15, -0.1) is 0 Å². The van der Waals surface area contributed by atoms with Gasteiger partial charge in [0.1, 0.15) is 5.69 Å². The van der Waals surface area contributed by atoms with Gasteiger partial charge in [0.15, 0.2) is 0 Å². The molecule has 130 valence electrons. The van der Waals surface area contributed by atoms with Gasteiger partial charge in [-0.25, -0.2) is 0 Å². The molecular weight excluding hydrogens is 302 g/mol. The largest absolute Gasteiger partial charge is 0.378 e. The fraction of sp³-hybridized carbons (Fsp3) is 0.684. The van der Waals surface area contributed by atoms with Gasteiger partial charge in [0.05, 0.1) is 13.2 Å². The van der Waals surface area contributed by atoms with Crippen LogP contribution in [0, 0.1) is 11.8 Å². The lowest BCUT2D eigenvalue weighted by Gasteiger charge is -2.32. The number of likely N-dealkylation sites (tertiary alicyclic amines) is 1. The Morgan fingerprint density at radius 1 is 1.25 bits per heavy atom. The maximum Gasteiger partial charge on any atom is 0.272 e. The summed E-state index contributed by atoms with van der Waals surface area (Å²) in [4.78, 5) is 21.9. The zero-order valence-corrected chi connectivity index (χ0v) is 14.5. The number of hydrogen-bond donors (Lipinski definition) is 0. The first-order valence-corrected chi connectivity index (χ1v) is 9.34. The summed E-state index contributed by atoms with van der Waals surface area (Å²) in [5.74, 6) is 1.41. The molecule has 2 saturated heterocycles. The van der Waals surface area contributed by atoms with E-state index in [1.165, 1.54) is 19.3 Å². The highest BCUT2D eigenvalue weighted by Gasteiger charge is 2.43. The van der Waals surface area contributed by atoms with Crippen LogP contribution >= 0.6 is 0 Å². The minimum Gasteiger partial charge on any atom is -0.378 e. The lowest BCUT2D eigenvalue weighted by molar-refractivity contribution is 0.0684. The second-order valence-electron chi connectivity index (χ2n) is 7.45. The third-order valence-electron chi connectivity index (χ3n) is 6.00. The highest BCUT2D eigenvalue weighted by atomic mass is 16.5. The van der Waals surface area contributed by atoms with E-state index in [1.807, 2.05) is 12.1 Å². The molecule has 1 aliphatic carbocycles. The summed E-state index contributed by atoms with van der Waals surface area (Å²) < 4.78 is 5.42. The topological polar surface area (TPSA) is 45.7 Å². The standard InChI is InChI=1S/C19H27N3O2/c1-14-13-22(18-5-3-2-4-16(14)18)19(23)17-12-15(6-7-20-17)21-8-10-24-11-9-21/h6-7,12,14,16,18H,2-5,8-11,13H2,1H3/t14-,16-,18-/m1/s1. The molecule has 2 aliphatic heterocycles. The molecule has 1 aromatic rings. The first-order chi connectivity index (χ1) is 11.7. The molecule has 1 aromatic heterocycles. The molecule has 0 N–H and O–H groups in total. The van der Waals surface area contributed by atoms with Crippen LogP contribution in [0.5, 0.6) is 0 Å². The van der Waals surface area contributed by atoms with E-state index < -0.39 is 0 Å². The predicted molar refractivity (Wildman–Crippen MR) is 93.2 cm³/mol. The Kier molecular flexibility index (Phi) is 4.44. The molecular formula is C19H27N3O2. The molecule has 1 amide bonds. The third kappa shape index (κ3) is 2.90. The van der Waals surface area contributed by atoms with Crippen LogP contribution in [0.15, 0.2) is 18.3 Å². The van der Waals surface area contributed by atoms with E-state index in [1.54, 1.807) is 6.20 Å². The van der Waals surface area contributed by atoms with E-state index in [-0.39, 0.29) is 5.91 Å². The number of anilines is 1. The maximum absolute atomic E-state index is 13.1. The molecule has 3 fully saturated rings. The van der Waals surface area contributed by atoms with Gasteiger partial charge in [-0.1, -0.05) is 19.8 Å². The molecule has 0 unspecified atom stereocenters. The molecule has 4 rings (SSSR count). The monoisotopic (exact) mass is 329 g/mol. The zero-order valence-electron chi connectivity index (χ0n) is 14.5. The van der Waals surface area contributed by atoms with E-state index in [2.05, 4.69) is 21.7 Å². The number of amides is 1. The second-order valence-corrected chi connectivity index (χ2v) is 7.45. The number of fused-ring (bicyclic) bond motifs is 1. The number of carbonyl (C=O) groups is 1. The number of aromatic nitrogens is 1. The van der Waals surface area contributed by atoms with Crippen molar-refractivity contribution in [3.05, 3.63) is 24.0 Å². The van der Waals surface area contributed by atoms with Crippen LogP contribution in [0.4, 0.5) is 5.69 Å². The maximum atomic E-state index is 13.1. The number of carbonyl (C=O) groups excluding carboxylic acids is 1. The lowest BCUT2D eigenvalue weighted by Crippen LogP contribution is -2.40. The summed E-state index contributed by atoms with van der Waals surface area (Å²) in [5.41, 5.74) is 1.68. The van der Waals surface area contributed by atoms with Crippen LogP contribution in [0.1, 0.15) is 43.1 Å². The van der Waals surface area contributed by atoms with Crippen molar-refractivity contribution < 1.29 is 9.53 Å². The Labute approximate surface area is 144 Å². The molecule has 5 heteroatoms. The van der Waals surface area contributed by atoms with Gasteiger partial charge < -0.3 is 14.5 Å². The van der Waals surface area contributed by atoms with Gasteiger partial charge in [0.25, 0.3) is 5.91 Å². The summed E-state index contributed by atoms with van der Waals surface area (Å²) in [6.45, 7) is 6.44. The van der Waals surface area contributed by atoms with Crippen molar-refractivity contribution >= 4 is 11.6 Å². The summed E-state index contributed by atoms with van der Waals surface area (Å²) in [6.07, 6.45) is 6.77. The van der Waals surface area contributed by atoms with Gasteiger partial charge in [0, 0.05) is 37.6 Å². The smallest absolute Gasteiger partial charge is 0.272 e. The first-order valence-electron chi connectivity index (χ1n) is 9.34. The number of pyridine rings is 1. The number of nitrogens with zero attached hydrogens (tertiary/aromatic N) is 3. The molecule has 3 heterocycles. The van der Waals surface area contributed by atoms with Gasteiger partial charge in [-0.3, -0.25) is 9.78 Å². The number of morpholine rings is 1. The minimum atomic E-state index is 0.117. The van der Waals surface area contributed by atoms with Crippen LogP contribution in [-0.4, -0.2) is 54.7 Å². The quantitative estimate of drug-likeness (QED) is 0.836. The van der Waals surface area contributed by atoms with Gasteiger partial charge >= 0.3 is 0 Å². The summed E-state index contributed by atoms with van der Waals surface area (Å²) in [7, 11) is 0.